The van der Waals surface area contributed by atoms with Gasteiger partial charge in [0.2, 0.25) is 0 Å². The highest BCUT2D eigenvalue weighted by Crippen LogP contribution is 2.22. The topological polar surface area (TPSA) is 124 Å². The van der Waals surface area contributed by atoms with Crippen LogP contribution in [0.2, 0.25) is 0 Å². The molecule has 2 unspecified atom stereocenters. The van der Waals surface area contributed by atoms with Crippen molar-refractivity contribution in [1.29, 1.82) is 0 Å². The van der Waals surface area contributed by atoms with Gasteiger partial charge in [-0.2, -0.15) is 4.41 Å². The number of carbonyl (C=O) groups is 2. The Morgan fingerprint density at radius 2 is 1.39 bits per heavy atom. The number of benzene rings is 3. The van der Waals surface area contributed by atoms with Crippen LogP contribution in [0, 0.1) is 0 Å². The number of aliphatic carboxylic acids is 2. The number of hydrogen-bond acceptors (Lipinski definition) is 6. The molecule has 38 heavy (non-hydrogen) atoms. The molecule has 0 aromatic heterocycles. The van der Waals surface area contributed by atoms with Gasteiger partial charge in [0.05, 0.1) is 0 Å². The Labute approximate surface area is 224 Å². The Hall–Kier alpha value is -3.31. The molecule has 0 radical (unpaired) electrons. The summed E-state index contributed by atoms with van der Waals surface area (Å²) in [7, 11) is 0. The number of carboxylic acid groups (broad SMARTS) is 2. The summed E-state index contributed by atoms with van der Waals surface area (Å²) in [5, 5.41) is 22.0. The first-order valence-corrected chi connectivity index (χ1v) is 13.7. The quantitative estimate of drug-likeness (QED) is 0.357. The summed E-state index contributed by atoms with van der Waals surface area (Å²) in [5.41, 5.74) is 4.55. The van der Waals surface area contributed by atoms with Crippen molar-refractivity contribution in [2.24, 2.45) is 0 Å². The largest absolute Gasteiger partial charge is 0.759 e. The molecule has 3 aromatic rings. The molecule has 1 aliphatic rings. The Balaban J connectivity index is 1.31. The van der Waals surface area contributed by atoms with Crippen LogP contribution in [0.5, 0.6) is 0 Å². The summed E-state index contributed by atoms with van der Waals surface area (Å²) in [6.45, 7) is 3.37. The standard InChI is InChI=1S/C28H33N3O6S/c1-20(28(34)35)31(38(36)37)30-16-14-29(15-17-30)26-11-6-21(7-12-26)2-3-22-4-9-25-19-23(8-13-27(32)33)5-10-24(25)18-22/h4-7,9-12,18-20H,2-3,8,13-17H2,1H3,(H,32,33)(H,34,35)(H,36,37)/p-1. The van der Waals surface area contributed by atoms with Crippen LogP contribution < -0.4 is 4.90 Å². The third-order valence-corrected chi connectivity index (χ3v) is 7.83. The molecule has 1 fully saturated rings. The van der Waals surface area contributed by atoms with E-state index in [1.165, 1.54) is 18.1 Å². The van der Waals surface area contributed by atoms with Crippen LogP contribution in [0.15, 0.2) is 60.7 Å². The summed E-state index contributed by atoms with van der Waals surface area (Å²) < 4.78 is 24.1. The van der Waals surface area contributed by atoms with Crippen molar-refractivity contribution in [3.8, 4) is 0 Å². The van der Waals surface area contributed by atoms with Gasteiger partial charge in [0.25, 0.3) is 0 Å². The average molecular weight is 539 g/mol. The maximum atomic E-state index is 11.6. The Bertz CT molecular complexity index is 1310. The molecule has 9 nitrogen and oxygen atoms in total. The van der Waals surface area contributed by atoms with E-state index in [0.717, 1.165) is 39.3 Å². The van der Waals surface area contributed by atoms with Gasteiger partial charge in [-0.05, 0) is 65.8 Å². The van der Waals surface area contributed by atoms with E-state index >= 15 is 0 Å². The van der Waals surface area contributed by atoms with Crippen LogP contribution in [-0.2, 0) is 40.1 Å². The highest BCUT2D eigenvalue weighted by molar-refractivity contribution is 7.76. The van der Waals surface area contributed by atoms with E-state index in [9.17, 15) is 23.5 Å². The lowest BCUT2D eigenvalue weighted by atomic mass is 9.99. The molecular formula is C28H32N3O6S-. The van der Waals surface area contributed by atoms with Gasteiger partial charge in [-0.25, -0.2) is 5.01 Å². The van der Waals surface area contributed by atoms with E-state index in [2.05, 4.69) is 59.5 Å². The molecule has 2 atom stereocenters. The first-order valence-electron chi connectivity index (χ1n) is 12.6. The summed E-state index contributed by atoms with van der Waals surface area (Å²) >= 11 is -2.65. The number of hydrogen-bond donors (Lipinski definition) is 2. The predicted molar refractivity (Wildman–Crippen MR) is 145 cm³/mol. The molecule has 0 spiro atoms. The number of aryl methyl sites for hydroxylation is 3. The Kier molecular flexibility index (Phi) is 9.11. The third kappa shape index (κ3) is 6.96. The highest BCUT2D eigenvalue weighted by atomic mass is 32.2. The molecule has 2 N–H and O–H groups in total. The van der Waals surface area contributed by atoms with Gasteiger partial charge < -0.3 is 19.7 Å². The van der Waals surface area contributed by atoms with Crippen LogP contribution >= 0.6 is 0 Å². The highest BCUT2D eigenvalue weighted by Gasteiger charge is 2.30. The van der Waals surface area contributed by atoms with Crippen molar-refractivity contribution in [3.63, 3.8) is 0 Å². The number of nitrogens with zero attached hydrogens (tertiary/aromatic N) is 3. The number of hydrazine groups is 1. The molecule has 10 heteroatoms. The van der Waals surface area contributed by atoms with E-state index in [0.29, 0.717) is 32.6 Å². The van der Waals surface area contributed by atoms with Crippen molar-refractivity contribution < 1.29 is 28.6 Å². The van der Waals surface area contributed by atoms with E-state index in [1.807, 2.05) is 6.07 Å². The molecule has 1 heterocycles. The summed E-state index contributed by atoms with van der Waals surface area (Å²) in [6.07, 6.45) is 2.46. The third-order valence-electron chi connectivity index (χ3n) is 6.98. The average Bonchev–Trinajstić information content (AvgIpc) is 2.91. The second-order valence-electron chi connectivity index (χ2n) is 9.55. The van der Waals surface area contributed by atoms with E-state index in [1.54, 1.807) is 5.01 Å². The fraction of sp³-hybridized carbons (Fsp3) is 0.357. The van der Waals surface area contributed by atoms with E-state index in [-0.39, 0.29) is 6.42 Å². The molecular weight excluding hydrogens is 506 g/mol. The minimum atomic E-state index is -2.65. The molecule has 202 valence electrons. The zero-order valence-electron chi connectivity index (χ0n) is 21.3. The summed E-state index contributed by atoms with van der Waals surface area (Å²) in [4.78, 5) is 24.3. The maximum Gasteiger partial charge on any atom is 0.323 e. The second kappa shape index (κ2) is 12.5. The van der Waals surface area contributed by atoms with Crippen molar-refractivity contribution in [2.45, 2.75) is 38.6 Å². The Morgan fingerprint density at radius 3 is 1.92 bits per heavy atom. The van der Waals surface area contributed by atoms with Gasteiger partial charge in [0.15, 0.2) is 0 Å². The van der Waals surface area contributed by atoms with E-state index in [4.69, 9.17) is 5.11 Å². The first kappa shape index (κ1) is 27.7. The van der Waals surface area contributed by atoms with Crippen LogP contribution in [0.1, 0.15) is 30.0 Å². The molecule has 1 saturated heterocycles. The van der Waals surface area contributed by atoms with Gasteiger partial charge in [-0.15, -0.1) is 0 Å². The Morgan fingerprint density at radius 1 is 0.868 bits per heavy atom. The van der Waals surface area contributed by atoms with Crippen molar-refractivity contribution in [3.05, 3.63) is 77.4 Å². The lowest BCUT2D eigenvalue weighted by molar-refractivity contribution is -0.145. The fourth-order valence-electron chi connectivity index (χ4n) is 4.78. The fourth-order valence-corrected chi connectivity index (χ4v) is 5.48. The van der Waals surface area contributed by atoms with Crippen molar-refractivity contribution >= 4 is 39.7 Å². The maximum absolute atomic E-state index is 11.6. The van der Waals surface area contributed by atoms with Gasteiger partial charge in [0.1, 0.15) is 6.04 Å². The van der Waals surface area contributed by atoms with Crippen LogP contribution in [0.3, 0.4) is 0 Å². The number of anilines is 1. The molecule has 0 amide bonds. The molecule has 4 rings (SSSR count). The number of rotatable bonds is 11. The number of fused-ring (bicyclic) bond motifs is 1. The first-order chi connectivity index (χ1) is 18.2. The van der Waals surface area contributed by atoms with Gasteiger partial charge in [0, 0.05) is 49.6 Å². The lowest BCUT2D eigenvalue weighted by Gasteiger charge is -2.43. The van der Waals surface area contributed by atoms with Crippen LogP contribution in [0.4, 0.5) is 5.69 Å². The van der Waals surface area contributed by atoms with Gasteiger partial charge in [-0.3, -0.25) is 13.8 Å². The zero-order chi connectivity index (χ0) is 27.2. The predicted octanol–water partition coefficient (Wildman–Crippen LogP) is 3.25. The van der Waals surface area contributed by atoms with Gasteiger partial charge >= 0.3 is 11.9 Å². The summed E-state index contributed by atoms with van der Waals surface area (Å²) in [6, 6.07) is 19.8. The van der Waals surface area contributed by atoms with Crippen LogP contribution in [0.25, 0.3) is 10.8 Å². The number of piperazine rings is 1. The SMILES string of the molecule is CC(C(=O)O)N(N1CCN(c2ccc(CCc3ccc4cc(CCC(=O)O)ccc4c3)cc2)CC1)S(=O)[O-]. The number of carboxylic acids is 2. The lowest BCUT2D eigenvalue weighted by Crippen LogP contribution is -2.58. The minimum absolute atomic E-state index is 0.132. The molecule has 0 aliphatic carbocycles. The minimum Gasteiger partial charge on any atom is -0.759 e. The van der Waals surface area contributed by atoms with Gasteiger partial charge in [-0.1, -0.05) is 48.5 Å². The molecule has 0 bridgehead atoms. The molecule has 0 saturated carbocycles. The zero-order valence-corrected chi connectivity index (χ0v) is 22.1. The van der Waals surface area contributed by atoms with Crippen molar-refractivity contribution in [1.82, 2.24) is 9.42 Å². The molecule has 1 aliphatic heterocycles. The van der Waals surface area contributed by atoms with E-state index < -0.39 is 29.2 Å². The monoisotopic (exact) mass is 538 g/mol. The molecule has 3 aromatic carbocycles. The second-order valence-corrected chi connectivity index (χ2v) is 10.4. The summed E-state index contributed by atoms with van der Waals surface area (Å²) in [5.74, 6) is -1.97. The van der Waals surface area contributed by atoms with Crippen molar-refractivity contribution in [2.75, 3.05) is 31.1 Å². The van der Waals surface area contributed by atoms with Crippen LogP contribution in [-0.4, -0.2) is 72.6 Å². The normalized spacial score (nSPS) is 16.0. The smallest absolute Gasteiger partial charge is 0.323 e.